The van der Waals surface area contributed by atoms with E-state index < -0.39 is 72.5 Å². The molecule has 1 aromatic rings. The maximum atomic E-state index is 12.2. The van der Waals surface area contributed by atoms with Gasteiger partial charge in [-0.05, 0) is 26.4 Å². The molecule has 1 aromatic heterocycles. The van der Waals surface area contributed by atoms with Crippen molar-refractivity contribution >= 4 is 5.97 Å². The molecule has 0 saturated carbocycles. The Morgan fingerprint density at radius 2 is 1.95 bits per heavy atom. The van der Waals surface area contributed by atoms with Crippen LogP contribution in [0.2, 0.25) is 0 Å². The first-order valence-electron chi connectivity index (χ1n) is 13.0. The molecule has 0 bridgehead atoms. The quantitative estimate of drug-likeness (QED) is 0.154. The molecule has 9 atom stereocenters. The number of aliphatic hydroxyl groups is 3. The van der Waals surface area contributed by atoms with E-state index in [9.17, 15) is 38.1 Å². The highest BCUT2D eigenvalue weighted by atomic mass is 19.4. The van der Waals surface area contributed by atoms with Crippen molar-refractivity contribution in [3.63, 3.8) is 0 Å². The number of aromatic nitrogens is 2. The van der Waals surface area contributed by atoms with Crippen molar-refractivity contribution in [3.05, 3.63) is 33.1 Å². The van der Waals surface area contributed by atoms with Crippen molar-refractivity contribution in [2.75, 3.05) is 33.2 Å². The van der Waals surface area contributed by atoms with Gasteiger partial charge in [0.15, 0.2) is 12.5 Å². The van der Waals surface area contributed by atoms with Gasteiger partial charge in [-0.3, -0.25) is 14.3 Å². The smallest absolute Gasteiger partial charge is 0.475 e. The van der Waals surface area contributed by atoms with Crippen molar-refractivity contribution in [1.82, 2.24) is 19.8 Å². The van der Waals surface area contributed by atoms with E-state index in [1.807, 2.05) is 0 Å². The molecule has 4 heterocycles. The van der Waals surface area contributed by atoms with E-state index in [0.717, 1.165) is 30.5 Å². The second kappa shape index (κ2) is 14.2. The van der Waals surface area contributed by atoms with E-state index in [1.165, 1.54) is 12.3 Å². The van der Waals surface area contributed by atoms with E-state index in [0.29, 0.717) is 12.6 Å². The molecule has 1 unspecified atom stereocenters. The van der Waals surface area contributed by atoms with Crippen LogP contribution in [-0.2, 0) is 19.0 Å². The first kappa shape index (κ1) is 33.1. The molecule has 4 rings (SSSR count). The highest BCUT2D eigenvalue weighted by molar-refractivity contribution is 5.73. The highest BCUT2D eigenvalue weighted by Gasteiger charge is 2.47. The molecular weight excluding hydrogens is 563 g/mol. The fraction of sp³-hybridized carbons (Fsp3) is 0.783. The lowest BCUT2D eigenvalue weighted by atomic mass is 10.1. The summed E-state index contributed by atoms with van der Waals surface area (Å²) in [7, 11) is 2.08. The molecule has 3 aliphatic heterocycles. The van der Waals surface area contributed by atoms with Gasteiger partial charge in [0.25, 0.3) is 5.56 Å². The van der Waals surface area contributed by atoms with Crippen molar-refractivity contribution in [2.45, 2.75) is 80.6 Å². The number of alkyl halides is 3. The zero-order chi connectivity index (χ0) is 30.5. The van der Waals surface area contributed by atoms with Crippen LogP contribution in [-0.4, -0.2) is 129 Å². The van der Waals surface area contributed by atoms with Crippen molar-refractivity contribution in [2.24, 2.45) is 5.73 Å². The molecule has 3 saturated heterocycles. The third-order valence-corrected chi connectivity index (χ3v) is 7.16. The van der Waals surface area contributed by atoms with E-state index in [2.05, 4.69) is 22.2 Å². The van der Waals surface area contributed by atoms with Gasteiger partial charge in [-0.15, -0.1) is 0 Å². The van der Waals surface area contributed by atoms with Crippen molar-refractivity contribution < 1.29 is 52.6 Å². The minimum atomic E-state index is -5.08. The molecule has 234 valence electrons. The van der Waals surface area contributed by atoms with Crippen LogP contribution >= 0.6 is 0 Å². The summed E-state index contributed by atoms with van der Waals surface area (Å²) in [6.07, 6.45) is -9.18. The standard InChI is InChI=1S/C21H35N5O8.C2HF3O2/c1-25-5-2-3-11(25)9-23-10-15(34-20-18(30)17(29)14(8-22)33-20)13-7-12(27)19(32-13)26-6-4-16(28)24-21(26)31;3-2(4,5)1(6)7/h4,6,11-15,17-20,23,27,29-30H,2-3,5,7-10,22H2,1H3,(H,24,28,31);(H,6,7)/t11?,12-,13+,14-,15+,17-,18-,19-,20+;/m1./s1. The molecule has 0 aromatic carbocycles. The van der Waals surface area contributed by atoms with Gasteiger partial charge in [0.05, 0.1) is 12.2 Å². The predicted molar refractivity (Wildman–Crippen MR) is 133 cm³/mol. The molecule has 3 aliphatic rings. The van der Waals surface area contributed by atoms with Crippen LogP contribution in [0.1, 0.15) is 25.5 Å². The number of ether oxygens (including phenoxy) is 3. The van der Waals surface area contributed by atoms with Gasteiger partial charge in [-0.1, -0.05) is 0 Å². The summed E-state index contributed by atoms with van der Waals surface area (Å²) >= 11 is 0. The fourth-order valence-corrected chi connectivity index (χ4v) is 4.89. The second-order valence-electron chi connectivity index (χ2n) is 10.1. The van der Waals surface area contributed by atoms with Gasteiger partial charge in [-0.2, -0.15) is 13.2 Å². The minimum Gasteiger partial charge on any atom is -0.475 e. The lowest BCUT2D eigenvalue weighted by Crippen LogP contribution is -2.46. The van der Waals surface area contributed by atoms with Gasteiger partial charge in [-0.25, -0.2) is 9.59 Å². The van der Waals surface area contributed by atoms with Crippen molar-refractivity contribution in [3.8, 4) is 0 Å². The molecule has 3 fully saturated rings. The number of nitrogens with one attached hydrogen (secondary N) is 2. The van der Waals surface area contributed by atoms with E-state index in [-0.39, 0.29) is 13.0 Å². The number of aliphatic carboxylic acids is 1. The Kier molecular flexibility index (Phi) is 11.4. The molecule has 41 heavy (non-hydrogen) atoms. The Balaban J connectivity index is 0.000000587. The average molecular weight is 600 g/mol. The lowest BCUT2D eigenvalue weighted by Gasteiger charge is -2.29. The molecular formula is C23H36F3N5O10. The number of aromatic amines is 1. The molecule has 8 N–H and O–H groups in total. The zero-order valence-electron chi connectivity index (χ0n) is 22.1. The summed E-state index contributed by atoms with van der Waals surface area (Å²) < 4.78 is 50.5. The Hall–Kier alpha value is -2.42. The molecule has 0 spiro atoms. The number of carboxylic acids is 1. The Bertz CT molecular complexity index is 1120. The Morgan fingerprint density at radius 1 is 1.27 bits per heavy atom. The number of halogens is 3. The molecule has 0 amide bonds. The van der Waals surface area contributed by atoms with Gasteiger partial charge in [0.1, 0.15) is 24.4 Å². The first-order valence-corrected chi connectivity index (χ1v) is 13.0. The zero-order valence-corrected chi connectivity index (χ0v) is 22.1. The summed E-state index contributed by atoms with van der Waals surface area (Å²) in [6.45, 7) is 2.10. The summed E-state index contributed by atoms with van der Waals surface area (Å²) in [4.78, 5) is 36.9. The lowest BCUT2D eigenvalue weighted by molar-refractivity contribution is -0.213. The predicted octanol–water partition coefficient (Wildman–Crippen LogP) is -2.71. The summed E-state index contributed by atoms with van der Waals surface area (Å²) in [5.74, 6) is -2.76. The second-order valence-corrected chi connectivity index (χ2v) is 10.1. The molecule has 18 heteroatoms. The summed E-state index contributed by atoms with van der Waals surface area (Å²) in [5, 5.41) is 41.7. The number of rotatable bonds is 9. The number of carboxylic acid groups (broad SMARTS) is 1. The van der Waals surface area contributed by atoms with Crippen LogP contribution in [0.5, 0.6) is 0 Å². The van der Waals surface area contributed by atoms with Crippen LogP contribution in [0.4, 0.5) is 13.2 Å². The fourth-order valence-electron chi connectivity index (χ4n) is 4.89. The van der Waals surface area contributed by atoms with Crippen LogP contribution in [0.25, 0.3) is 0 Å². The SMILES string of the molecule is CN1CCCC1CNC[C@H](O[C@@H]1O[C@H](CN)[C@@H](O)[C@H]1O)[C@@H]1C[C@@H](O)[C@H](n2ccc(=O)[nH]c2=O)O1.O=C(O)C(F)(F)F. The van der Waals surface area contributed by atoms with E-state index in [4.69, 9.17) is 29.8 Å². The number of aliphatic hydroxyl groups excluding tert-OH is 3. The maximum absolute atomic E-state index is 12.2. The number of hydrogen-bond acceptors (Lipinski definition) is 12. The number of hydrogen-bond donors (Lipinski definition) is 7. The topological polar surface area (TPSA) is 222 Å². The number of carbonyl (C=O) groups is 1. The number of nitrogens with two attached hydrogens (primary N) is 1. The van der Waals surface area contributed by atoms with Crippen LogP contribution in [0, 0.1) is 0 Å². The van der Waals surface area contributed by atoms with Gasteiger partial charge in [0.2, 0.25) is 0 Å². The first-order chi connectivity index (χ1) is 19.2. The number of nitrogens with zero attached hydrogens (tertiary/aromatic N) is 2. The van der Waals surface area contributed by atoms with Gasteiger partial charge < -0.3 is 50.6 Å². The maximum Gasteiger partial charge on any atom is 0.490 e. The van der Waals surface area contributed by atoms with Crippen molar-refractivity contribution in [1.29, 1.82) is 0 Å². The van der Waals surface area contributed by atoms with E-state index in [1.54, 1.807) is 0 Å². The summed E-state index contributed by atoms with van der Waals surface area (Å²) in [6, 6.07) is 1.56. The Morgan fingerprint density at radius 3 is 2.49 bits per heavy atom. The normalized spacial score (nSPS) is 33.0. The number of likely N-dealkylation sites (N-methyl/N-ethyl adjacent to an activating group) is 1. The van der Waals surface area contributed by atoms with Gasteiger partial charge >= 0.3 is 17.8 Å². The Labute approximate surface area is 231 Å². The van der Waals surface area contributed by atoms with Crippen LogP contribution < -0.4 is 22.3 Å². The molecule has 15 nitrogen and oxygen atoms in total. The average Bonchev–Trinajstić information content (AvgIpc) is 3.56. The van der Waals surface area contributed by atoms with E-state index >= 15 is 0 Å². The van der Waals surface area contributed by atoms with Gasteiger partial charge in [0, 0.05) is 44.4 Å². The summed E-state index contributed by atoms with van der Waals surface area (Å²) in [5.41, 5.74) is 4.36. The van der Waals surface area contributed by atoms with Crippen LogP contribution in [0.3, 0.4) is 0 Å². The minimum absolute atomic E-state index is 0.0187. The third-order valence-electron chi connectivity index (χ3n) is 7.16. The largest absolute Gasteiger partial charge is 0.490 e. The number of likely N-dealkylation sites (tertiary alicyclic amines) is 1. The number of H-pyrrole nitrogens is 1. The molecule has 0 aliphatic carbocycles. The third kappa shape index (κ3) is 8.55. The highest BCUT2D eigenvalue weighted by Crippen LogP contribution is 2.32. The monoisotopic (exact) mass is 599 g/mol. The molecule has 0 radical (unpaired) electrons. The van der Waals surface area contributed by atoms with Crippen LogP contribution in [0.15, 0.2) is 21.9 Å².